The van der Waals surface area contributed by atoms with Crippen LogP contribution in [0.15, 0.2) is 5.16 Å². The van der Waals surface area contributed by atoms with Crippen molar-refractivity contribution in [1.82, 2.24) is 5.32 Å². The molecule has 0 bridgehead atoms. The summed E-state index contributed by atoms with van der Waals surface area (Å²) >= 11 is 0. The maximum Gasteiger partial charge on any atom is 0.220 e. The van der Waals surface area contributed by atoms with Crippen LogP contribution in [0.2, 0.25) is 0 Å². The predicted molar refractivity (Wildman–Crippen MR) is 63.8 cm³/mol. The van der Waals surface area contributed by atoms with E-state index in [9.17, 15) is 4.79 Å². The second kappa shape index (κ2) is 7.11. The summed E-state index contributed by atoms with van der Waals surface area (Å²) < 4.78 is 5.43. The first-order valence-electron chi connectivity index (χ1n) is 6.00. The van der Waals surface area contributed by atoms with E-state index in [0.29, 0.717) is 31.4 Å². The van der Waals surface area contributed by atoms with Gasteiger partial charge in [0.25, 0.3) is 0 Å². The van der Waals surface area contributed by atoms with Gasteiger partial charge < -0.3 is 21.0 Å². The van der Waals surface area contributed by atoms with Gasteiger partial charge >= 0.3 is 0 Å². The quantitative estimate of drug-likeness (QED) is 0.262. The lowest BCUT2D eigenvalue weighted by Gasteiger charge is -2.34. The summed E-state index contributed by atoms with van der Waals surface area (Å²) in [5, 5.41) is 13.9. The molecule has 1 saturated carbocycles. The van der Waals surface area contributed by atoms with E-state index in [2.05, 4.69) is 10.5 Å². The number of oxime groups is 1. The topological polar surface area (TPSA) is 96.9 Å². The lowest BCUT2D eigenvalue weighted by molar-refractivity contribution is -0.124. The smallest absolute Gasteiger partial charge is 0.220 e. The third kappa shape index (κ3) is 5.04. The number of amidine groups is 1. The van der Waals surface area contributed by atoms with Gasteiger partial charge in [0.1, 0.15) is 5.84 Å². The summed E-state index contributed by atoms with van der Waals surface area (Å²) in [4.78, 5) is 11.5. The number of ether oxygens (including phenoxy) is 1. The average molecular weight is 243 g/mol. The van der Waals surface area contributed by atoms with Gasteiger partial charge in [-0.3, -0.25) is 4.79 Å². The van der Waals surface area contributed by atoms with E-state index in [4.69, 9.17) is 15.7 Å². The predicted octanol–water partition coefficient (Wildman–Crippen LogP) is 0.444. The Morgan fingerprint density at radius 1 is 1.59 bits per heavy atom. The van der Waals surface area contributed by atoms with Gasteiger partial charge in [0.05, 0.1) is 6.10 Å². The molecule has 98 valence electrons. The number of amides is 1. The molecular formula is C11H21N3O3. The maximum absolute atomic E-state index is 11.5. The van der Waals surface area contributed by atoms with Crippen LogP contribution in [0, 0.1) is 5.92 Å². The molecular weight excluding hydrogens is 222 g/mol. The molecule has 6 heteroatoms. The Kier molecular flexibility index (Phi) is 5.76. The van der Waals surface area contributed by atoms with E-state index in [1.807, 2.05) is 6.92 Å². The molecule has 0 aromatic carbocycles. The summed E-state index contributed by atoms with van der Waals surface area (Å²) in [7, 11) is 0. The van der Waals surface area contributed by atoms with Crippen molar-refractivity contribution in [2.24, 2.45) is 16.8 Å². The molecule has 1 aliphatic rings. The number of hydrogen-bond acceptors (Lipinski definition) is 4. The molecule has 1 amide bonds. The highest BCUT2D eigenvalue weighted by atomic mass is 16.5. The van der Waals surface area contributed by atoms with Crippen molar-refractivity contribution in [2.75, 3.05) is 13.2 Å². The van der Waals surface area contributed by atoms with Gasteiger partial charge in [-0.1, -0.05) is 5.16 Å². The lowest BCUT2D eigenvalue weighted by Crippen LogP contribution is -2.36. The second-order valence-electron chi connectivity index (χ2n) is 4.31. The third-order valence-corrected chi connectivity index (χ3v) is 2.90. The van der Waals surface area contributed by atoms with Crippen molar-refractivity contribution in [1.29, 1.82) is 0 Å². The number of carbonyl (C=O) groups is 1. The number of carbonyl (C=O) groups excluding carboxylic acids is 1. The highest BCUT2D eigenvalue weighted by Gasteiger charge is 2.30. The van der Waals surface area contributed by atoms with E-state index in [1.165, 1.54) is 0 Å². The molecule has 0 aliphatic heterocycles. The Balaban J connectivity index is 2.03. The third-order valence-electron chi connectivity index (χ3n) is 2.90. The minimum Gasteiger partial charge on any atom is -0.409 e. The molecule has 0 radical (unpaired) electrons. The van der Waals surface area contributed by atoms with Gasteiger partial charge in [0.2, 0.25) is 5.91 Å². The molecule has 0 heterocycles. The molecule has 6 nitrogen and oxygen atoms in total. The van der Waals surface area contributed by atoms with Crippen molar-refractivity contribution in [3.63, 3.8) is 0 Å². The summed E-state index contributed by atoms with van der Waals surface area (Å²) in [5.41, 5.74) is 5.28. The Labute approximate surface area is 101 Å². The molecule has 0 aromatic heterocycles. The van der Waals surface area contributed by atoms with Crippen molar-refractivity contribution in [3.05, 3.63) is 0 Å². The van der Waals surface area contributed by atoms with Crippen molar-refractivity contribution in [3.8, 4) is 0 Å². The first-order chi connectivity index (χ1) is 8.15. The largest absolute Gasteiger partial charge is 0.409 e. The van der Waals surface area contributed by atoms with Crippen LogP contribution >= 0.6 is 0 Å². The van der Waals surface area contributed by atoms with E-state index < -0.39 is 0 Å². The standard InChI is InChI=1S/C11H21N3O3/c1-2-17-9-5-8(6-9)7-11(15)13-4-3-10(12)14-16/h8-9,16H,2-7H2,1H3,(H2,12,14)(H,13,15). The van der Waals surface area contributed by atoms with Crippen LogP contribution in [0.5, 0.6) is 0 Å². The molecule has 0 spiro atoms. The molecule has 0 unspecified atom stereocenters. The van der Waals surface area contributed by atoms with Gasteiger partial charge in [0, 0.05) is 26.0 Å². The molecule has 0 aromatic rings. The van der Waals surface area contributed by atoms with E-state index in [-0.39, 0.29) is 11.7 Å². The van der Waals surface area contributed by atoms with Crippen LogP contribution in [-0.4, -0.2) is 36.2 Å². The molecule has 4 N–H and O–H groups in total. The van der Waals surface area contributed by atoms with E-state index in [0.717, 1.165) is 19.4 Å². The van der Waals surface area contributed by atoms with Crippen LogP contribution in [0.3, 0.4) is 0 Å². The Morgan fingerprint density at radius 2 is 2.29 bits per heavy atom. The number of nitrogens with one attached hydrogen (secondary N) is 1. The van der Waals surface area contributed by atoms with E-state index in [1.54, 1.807) is 0 Å². The van der Waals surface area contributed by atoms with Crippen LogP contribution in [-0.2, 0) is 9.53 Å². The Morgan fingerprint density at radius 3 is 2.88 bits per heavy atom. The first-order valence-corrected chi connectivity index (χ1v) is 6.00. The fraction of sp³-hybridized carbons (Fsp3) is 0.818. The fourth-order valence-electron chi connectivity index (χ4n) is 1.93. The molecule has 0 saturated heterocycles. The number of hydrogen-bond donors (Lipinski definition) is 3. The summed E-state index contributed by atoms with van der Waals surface area (Å²) in [5.74, 6) is 0.594. The number of rotatable bonds is 7. The highest BCUT2D eigenvalue weighted by molar-refractivity contribution is 5.81. The van der Waals surface area contributed by atoms with Crippen molar-refractivity contribution < 1.29 is 14.7 Å². The zero-order valence-corrected chi connectivity index (χ0v) is 10.2. The van der Waals surface area contributed by atoms with Crippen LogP contribution in [0.25, 0.3) is 0 Å². The monoisotopic (exact) mass is 243 g/mol. The molecule has 1 aliphatic carbocycles. The average Bonchev–Trinajstić information content (AvgIpc) is 2.26. The zero-order chi connectivity index (χ0) is 12.7. The van der Waals surface area contributed by atoms with Gasteiger partial charge in [-0.15, -0.1) is 0 Å². The lowest BCUT2D eigenvalue weighted by atomic mass is 9.80. The van der Waals surface area contributed by atoms with Gasteiger partial charge in [-0.25, -0.2) is 0 Å². The Hall–Kier alpha value is -1.30. The molecule has 1 rings (SSSR count). The minimum atomic E-state index is 0.0238. The fourth-order valence-corrected chi connectivity index (χ4v) is 1.93. The highest BCUT2D eigenvalue weighted by Crippen LogP contribution is 2.32. The van der Waals surface area contributed by atoms with Crippen LogP contribution in [0.4, 0.5) is 0 Å². The van der Waals surface area contributed by atoms with E-state index >= 15 is 0 Å². The minimum absolute atomic E-state index is 0.0238. The van der Waals surface area contributed by atoms with Gasteiger partial charge in [-0.05, 0) is 25.7 Å². The van der Waals surface area contributed by atoms with Crippen LogP contribution in [0.1, 0.15) is 32.6 Å². The van der Waals surface area contributed by atoms with Crippen molar-refractivity contribution in [2.45, 2.75) is 38.7 Å². The normalized spacial score (nSPS) is 24.2. The second-order valence-corrected chi connectivity index (χ2v) is 4.31. The molecule has 1 fully saturated rings. The van der Waals surface area contributed by atoms with Gasteiger partial charge in [-0.2, -0.15) is 0 Å². The van der Waals surface area contributed by atoms with Crippen LogP contribution < -0.4 is 11.1 Å². The Bertz CT molecular complexity index is 275. The first kappa shape index (κ1) is 13.8. The zero-order valence-electron chi connectivity index (χ0n) is 10.2. The summed E-state index contributed by atoms with van der Waals surface area (Å²) in [6, 6.07) is 0. The summed E-state index contributed by atoms with van der Waals surface area (Å²) in [6.45, 7) is 3.13. The number of nitrogens with two attached hydrogens (primary N) is 1. The number of nitrogens with zero attached hydrogens (tertiary/aromatic N) is 1. The molecule has 17 heavy (non-hydrogen) atoms. The van der Waals surface area contributed by atoms with Crippen molar-refractivity contribution >= 4 is 11.7 Å². The maximum atomic E-state index is 11.5. The SMILES string of the molecule is CCOC1CC(CC(=O)NCCC(N)=NO)C1. The summed E-state index contributed by atoms with van der Waals surface area (Å²) in [6.07, 6.45) is 3.20. The van der Waals surface area contributed by atoms with Gasteiger partial charge in [0.15, 0.2) is 0 Å². The molecule has 0 atom stereocenters.